The topological polar surface area (TPSA) is 8.81 Å². The van der Waals surface area contributed by atoms with E-state index >= 15 is 0 Å². The van der Waals surface area contributed by atoms with E-state index in [4.69, 9.17) is 0 Å². The highest BCUT2D eigenvalue weighted by atomic mass is 15.2. The van der Waals surface area contributed by atoms with Gasteiger partial charge in [0.05, 0.1) is 13.0 Å². The Bertz CT molecular complexity index is 538. The summed E-state index contributed by atoms with van der Waals surface area (Å²) in [6.07, 6.45) is 6.66. The molecule has 17 heavy (non-hydrogen) atoms. The van der Waals surface area contributed by atoms with Gasteiger partial charge in [-0.1, -0.05) is 43.0 Å². The minimum atomic E-state index is 0.905. The minimum Gasteiger partial charge on any atom is -0.230 e. The van der Waals surface area contributed by atoms with Crippen LogP contribution in [-0.4, -0.2) is 4.57 Å². The molecule has 0 unspecified atom stereocenters. The summed E-state index contributed by atoms with van der Waals surface area (Å²) in [7, 11) is 0. The lowest BCUT2D eigenvalue weighted by Gasteiger charge is -1.97. The van der Waals surface area contributed by atoms with Crippen LogP contribution in [0.5, 0.6) is 0 Å². The third-order valence-electron chi connectivity index (χ3n) is 3.39. The molecule has 2 aromatic rings. The van der Waals surface area contributed by atoms with Crippen molar-refractivity contribution in [3.63, 3.8) is 0 Å². The van der Waals surface area contributed by atoms with E-state index in [1.807, 2.05) is 6.08 Å². The molecule has 0 N–H and O–H groups in total. The van der Waals surface area contributed by atoms with Gasteiger partial charge in [-0.25, -0.2) is 9.13 Å². The summed E-state index contributed by atoms with van der Waals surface area (Å²) in [6.45, 7) is 5.88. The molecule has 1 aromatic carbocycles. The molecule has 0 saturated carbocycles. The van der Waals surface area contributed by atoms with Gasteiger partial charge in [0.25, 0.3) is 5.82 Å². The van der Waals surface area contributed by atoms with Crippen molar-refractivity contribution in [3.05, 3.63) is 55.0 Å². The molecular weight excluding hydrogens is 208 g/mol. The molecule has 2 nitrogen and oxygen atoms in total. The monoisotopic (exact) mass is 225 g/mol. The first kappa shape index (κ1) is 10.3. The molecule has 86 valence electrons. The number of rotatable bonds is 3. The van der Waals surface area contributed by atoms with Crippen LogP contribution in [0.15, 0.2) is 49.2 Å². The van der Waals surface area contributed by atoms with Gasteiger partial charge in [0.1, 0.15) is 12.7 Å². The van der Waals surface area contributed by atoms with Crippen molar-refractivity contribution in [2.45, 2.75) is 25.9 Å². The molecule has 1 aliphatic rings. The van der Waals surface area contributed by atoms with Gasteiger partial charge in [0.15, 0.2) is 5.69 Å². The lowest BCUT2D eigenvalue weighted by atomic mass is 10.2. The standard InChI is InChI=1S/C15H17N2/c1-2-10-16-12-14(13-7-4-3-5-8-13)17-11-6-9-15(16)17/h2-5,7-8,12H,1,6,9-11H2/q+1. The van der Waals surface area contributed by atoms with Gasteiger partial charge in [-0.05, 0) is 6.42 Å². The molecule has 0 spiro atoms. The molecular formula is C15H17N2+. The highest BCUT2D eigenvalue weighted by molar-refractivity contribution is 5.58. The van der Waals surface area contributed by atoms with Crippen LogP contribution in [0.2, 0.25) is 0 Å². The van der Waals surface area contributed by atoms with E-state index in [2.05, 4.69) is 52.2 Å². The van der Waals surface area contributed by atoms with Crippen LogP contribution < -0.4 is 4.57 Å². The van der Waals surface area contributed by atoms with Gasteiger partial charge in [-0.3, -0.25) is 0 Å². The summed E-state index contributed by atoms with van der Waals surface area (Å²) in [5.74, 6) is 1.43. The molecule has 0 fully saturated rings. The molecule has 1 aromatic heterocycles. The number of hydrogen-bond donors (Lipinski definition) is 0. The summed E-state index contributed by atoms with van der Waals surface area (Å²) < 4.78 is 4.77. The number of nitrogens with zero attached hydrogens (tertiary/aromatic N) is 2. The van der Waals surface area contributed by atoms with E-state index < -0.39 is 0 Å². The zero-order valence-electron chi connectivity index (χ0n) is 9.97. The molecule has 0 atom stereocenters. The number of hydrogen-bond acceptors (Lipinski definition) is 0. The maximum absolute atomic E-state index is 3.83. The first-order chi connectivity index (χ1) is 8.40. The van der Waals surface area contributed by atoms with Gasteiger partial charge >= 0.3 is 0 Å². The molecule has 0 aliphatic carbocycles. The highest BCUT2D eigenvalue weighted by Crippen LogP contribution is 2.24. The Kier molecular flexibility index (Phi) is 2.56. The summed E-state index contributed by atoms with van der Waals surface area (Å²) in [5, 5.41) is 0. The van der Waals surface area contributed by atoms with Crippen molar-refractivity contribution in [1.82, 2.24) is 4.57 Å². The molecule has 3 rings (SSSR count). The van der Waals surface area contributed by atoms with Crippen molar-refractivity contribution in [1.29, 1.82) is 0 Å². The highest BCUT2D eigenvalue weighted by Gasteiger charge is 2.27. The van der Waals surface area contributed by atoms with E-state index in [-0.39, 0.29) is 0 Å². The second-order valence-electron chi connectivity index (χ2n) is 4.49. The van der Waals surface area contributed by atoms with Crippen LogP contribution in [0.3, 0.4) is 0 Å². The van der Waals surface area contributed by atoms with Crippen LogP contribution in [0.25, 0.3) is 11.3 Å². The predicted molar refractivity (Wildman–Crippen MR) is 68.6 cm³/mol. The van der Waals surface area contributed by atoms with Crippen molar-refractivity contribution < 1.29 is 4.57 Å². The average molecular weight is 225 g/mol. The van der Waals surface area contributed by atoms with Crippen LogP contribution in [-0.2, 0) is 19.5 Å². The van der Waals surface area contributed by atoms with Gasteiger partial charge in [-0.15, -0.1) is 0 Å². The summed E-state index contributed by atoms with van der Waals surface area (Å²) in [4.78, 5) is 0. The van der Waals surface area contributed by atoms with E-state index in [0.717, 1.165) is 13.1 Å². The third-order valence-corrected chi connectivity index (χ3v) is 3.39. The van der Waals surface area contributed by atoms with E-state index in [0.29, 0.717) is 0 Å². The summed E-state index contributed by atoms with van der Waals surface area (Å²) >= 11 is 0. The number of allylic oxidation sites excluding steroid dienone is 1. The fraction of sp³-hybridized carbons (Fsp3) is 0.267. The second-order valence-corrected chi connectivity index (χ2v) is 4.49. The van der Waals surface area contributed by atoms with Crippen LogP contribution in [0.4, 0.5) is 0 Å². The van der Waals surface area contributed by atoms with Gasteiger partial charge < -0.3 is 0 Å². The Morgan fingerprint density at radius 3 is 2.88 bits per heavy atom. The van der Waals surface area contributed by atoms with Gasteiger partial charge in [-0.2, -0.15) is 0 Å². The maximum Gasteiger partial charge on any atom is 0.257 e. The minimum absolute atomic E-state index is 0.905. The lowest BCUT2D eigenvalue weighted by Crippen LogP contribution is -2.34. The third kappa shape index (κ3) is 1.70. The molecule has 0 bridgehead atoms. The molecule has 0 radical (unpaired) electrons. The fourth-order valence-corrected chi connectivity index (χ4v) is 2.65. The first-order valence-corrected chi connectivity index (χ1v) is 6.18. The Morgan fingerprint density at radius 1 is 1.29 bits per heavy atom. The van der Waals surface area contributed by atoms with Crippen LogP contribution in [0, 0.1) is 0 Å². The van der Waals surface area contributed by atoms with Crippen molar-refractivity contribution in [2.24, 2.45) is 0 Å². The Balaban J connectivity index is 2.12. The van der Waals surface area contributed by atoms with Crippen LogP contribution >= 0.6 is 0 Å². The van der Waals surface area contributed by atoms with Crippen molar-refractivity contribution >= 4 is 0 Å². The maximum atomic E-state index is 3.83. The second kappa shape index (κ2) is 4.21. The van der Waals surface area contributed by atoms with Gasteiger partial charge in [0.2, 0.25) is 0 Å². The Hall–Kier alpha value is -1.83. The number of benzene rings is 1. The molecule has 2 heteroatoms. The predicted octanol–water partition coefficient (Wildman–Crippen LogP) is 2.57. The van der Waals surface area contributed by atoms with Crippen LogP contribution in [0.1, 0.15) is 12.2 Å². The van der Waals surface area contributed by atoms with Crippen molar-refractivity contribution in [3.8, 4) is 11.3 Å². The molecule has 0 saturated heterocycles. The van der Waals surface area contributed by atoms with Gasteiger partial charge in [0, 0.05) is 5.56 Å². The van der Waals surface area contributed by atoms with E-state index in [9.17, 15) is 0 Å². The number of imidazole rings is 1. The molecule has 1 aliphatic heterocycles. The van der Waals surface area contributed by atoms with E-state index in [1.165, 1.54) is 29.9 Å². The average Bonchev–Trinajstić information content (AvgIpc) is 2.94. The lowest BCUT2D eigenvalue weighted by molar-refractivity contribution is -0.693. The zero-order valence-corrected chi connectivity index (χ0v) is 9.97. The Labute approximate surface area is 102 Å². The number of fused-ring (bicyclic) bond motifs is 1. The normalized spacial score (nSPS) is 13.6. The number of aromatic nitrogens is 2. The summed E-state index contributed by atoms with van der Waals surface area (Å²) in [5.41, 5.74) is 2.64. The smallest absolute Gasteiger partial charge is 0.230 e. The molecule has 0 amide bonds. The SMILES string of the molecule is C=CC[n+]1cc(-c2ccccc2)n2c1CCC2. The summed E-state index contributed by atoms with van der Waals surface area (Å²) in [6, 6.07) is 10.6. The quantitative estimate of drug-likeness (QED) is 0.561. The van der Waals surface area contributed by atoms with E-state index in [1.54, 1.807) is 0 Å². The first-order valence-electron chi connectivity index (χ1n) is 6.18. The molecule has 2 heterocycles. The zero-order chi connectivity index (χ0) is 11.7. The Morgan fingerprint density at radius 2 is 2.12 bits per heavy atom. The van der Waals surface area contributed by atoms with Crippen molar-refractivity contribution in [2.75, 3.05) is 0 Å². The fourth-order valence-electron chi connectivity index (χ4n) is 2.65. The largest absolute Gasteiger partial charge is 0.257 e.